The SMILES string of the molecule is O=C(CN(c1ccc(F)c(Cl)c1)S(=O)(=O)c1ccccc1)Nc1ccc(Cl)cc1. The molecule has 0 aliphatic rings. The van der Waals surface area contributed by atoms with E-state index in [0.717, 1.165) is 16.4 Å². The van der Waals surface area contributed by atoms with E-state index >= 15 is 0 Å². The van der Waals surface area contributed by atoms with Gasteiger partial charge >= 0.3 is 0 Å². The smallest absolute Gasteiger partial charge is 0.264 e. The summed E-state index contributed by atoms with van der Waals surface area (Å²) in [5.74, 6) is -1.29. The van der Waals surface area contributed by atoms with Gasteiger partial charge in [-0.15, -0.1) is 0 Å². The summed E-state index contributed by atoms with van der Waals surface area (Å²) in [5, 5.41) is 2.85. The zero-order valence-corrected chi connectivity index (χ0v) is 17.2. The van der Waals surface area contributed by atoms with Crippen LogP contribution in [0.5, 0.6) is 0 Å². The van der Waals surface area contributed by atoms with Gasteiger partial charge in [-0.3, -0.25) is 9.10 Å². The number of nitrogens with one attached hydrogen (secondary N) is 1. The van der Waals surface area contributed by atoms with Gasteiger partial charge in [0.15, 0.2) is 0 Å². The summed E-state index contributed by atoms with van der Waals surface area (Å²) >= 11 is 11.7. The number of benzene rings is 3. The molecule has 0 saturated heterocycles. The van der Waals surface area contributed by atoms with Crippen LogP contribution in [-0.2, 0) is 14.8 Å². The molecule has 0 saturated carbocycles. The first-order valence-corrected chi connectivity index (χ1v) is 10.6. The highest BCUT2D eigenvalue weighted by molar-refractivity contribution is 7.92. The Morgan fingerprint density at radius 1 is 0.966 bits per heavy atom. The molecule has 3 aromatic carbocycles. The molecule has 0 unspecified atom stereocenters. The zero-order chi connectivity index (χ0) is 21.0. The van der Waals surface area contributed by atoms with Crippen molar-refractivity contribution in [2.45, 2.75) is 4.90 Å². The monoisotopic (exact) mass is 452 g/mol. The number of carbonyl (C=O) groups excluding carboxylic acids is 1. The van der Waals surface area contributed by atoms with Crippen LogP contribution in [0.3, 0.4) is 0 Å². The summed E-state index contributed by atoms with van der Waals surface area (Å²) in [5.41, 5.74) is 0.514. The van der Waals surface area contributed by atoms with Crippen molar-refractivity contribution in [2.75, 3.05) is 16.2 Å². The third-order valence-electron chi connectivity index (χ3n) is 3.94. The van der Waals surface area contributed by atoms with Gasteiger partial charge in [0.05, 0.1) is 15.6 Å². The van der Waals surface area contributed by atoms with Crippen molar-refractivity contribution in [1.82, 2.24) is 0 Å². The molecule has 3 rings (SSSR count). The summed E-state index contributed by atoms with van der Waals surface area (Å²) in [6, 6.07) is 17.4. The largest absolute Gasteiger partial charge is 0.325 e. The minimum absolute atomic E-state index is 0.0141. The number of sulfonamides is 1. The van der Waals surface area contributed by atoms with Crippen LogP contribution in [-0.4, -0.2) is 20.9 Å². The highest BCUT2D eigenvalue weighted by Crippen LogP contribution is 2.27. The Morgan fingerprint density at radius 2 is 1.62 bits per heavy atom. The fraction of sp³-hybridized carbons (Fsp3) is 0.0500. The number of amides is 1. The van der Waals surface area contributed by atoms with E-state index < -0.39 is 28.3 Å². The molecule has 0 heterocycles. The molecule has 5 nitrogen and oxygen atoms in total. The minimum Gasteiger partial charge on any atom is -0.325 e. The van der Waals surface area contributed by atoms with Crippen molar-refractivity contribution in [1.29, 1.82) is 0 Å². The average Bonchev–Trinajstić information content (AvgIpc) is 2.71. The average molecular weight is 453 g/mol. The Hall–Kier alpha value is -2.61. The summed E-state index contributed by atoms with van der Waals surface area (Å²) in [4.78, 5) is 12.5. The van der Waals surface area contributed by atoms with Crippen molar-refractivity contribution in [2.24, 2.45) is 0 Å². The predicted molar refractivity (Wildman–Crippen MR) is 112 cm³/mol. The maximum absolute atomic E-state index is 13.6. The molecule has 29 heavy (non-hydrogen) atoms. The van der Waals surface area contributed by atoms with Crippen LogP contribution < -0.4 is 9.62 Å². The maximum atomic E-state index is 13.6. The Bertz CT molecular complexity index is 1120. The second-order valence-electron chi connectivity index (χ2n) is 5.98. The molecular weight excluding hydrogens is 438 g/mol. The number of carbonyl (C=O) groups is 1. The number of hydrogen-bond acceptors (Lipinski definition) is 3. The quantitative estimate of drug-likeness (QED) is 0.574. The van der Waals surface area contributed by atoms with Gasteiger partial charge in [-0.25, -0.2) is 12.8 Å². The van der Waals surface area contributed by atoms with Gasteiger partial charge in [0.25, 0.3) is 10.0 Å². The van der Waals surface area contributed by atoms with Crippen LogP contribution in [0, 0.1) is 5.82 Å². The van der Waals surface area contributed by atoms with E-state index in [2.05, 4.69) is 5.32 Å². The van der Waals surface area contributed by atoms with Crippen molar-refractivity contribution in [3.8, 4) is 0 Å². The van der Waals surface area contributed by atoms with E-state index in [9.17, 15) is 17.6 Å². The number of rotatable bonds is 6. The number of anilines is 2. The topological polar surface area (TPSA) is 66.5 Å². The van der Waals surface area contributed by atoms with Gasteiger partial charge < -0.3 is 5.32 Å². The predicted octanol–water partition coefficient (Wildman–Crippen LogP) is 4.97. The first kappa shape index (κ1) is 21.1. The molecule has 0 fully saturated rings. The summed E-state index contributed by atoms with van der Waals surface area (Å²) < 4.78 is 40.8. The van der Waals surface area contributed by atoms with Crippen molar-refractivity contribution >= 4 is 50.5 Å². The lowest BCUT2D eigenvalue weighted by Crippen LogP contribution is -2.38. The zero-order valence-electron chi connectivity index (χ0n) is 14.8. The highest BCUT2D eigenvalue weighted by atomic mass is 35.5. The third-order valence-corrected chi connectivity index (χ3v) is 6.27. The molecule has 0 spiro atoms. The summed E-state index contributed by atoms with van der Waals surface area (Å²) in [6.45, 7) is -0.540. The van der Waals surface area contributed by atoms with Crippen molar-refractivity contribution in [3.63, 3.8) is 0 Å². The molecule has 9 heteroatoms. The van der Waals surface area contributed by atoms with Crippen molar-refractivity contribution < 1.29 is 17.6 Å². The van der Waals surface area contributed by atoms with Crippen LogP contribution >= 0.6 is 23.2 Å². The lowest BCUT2D eigenvalue weighted by atomic mass is 10.3. The van der Waals surface area contributed by atoms with E-state index in [1.807, 2.05) is 0 Å². The van der Waals surface area contributed by atoms with E-state index in [0.29, 0.717) is 10.7 Å². The molecular formula is C20H15Cl2FN2O3S. The van der Waals surface area contributed by atoms with Gasteiger partial charge in [-0.05, 0) is 54.6 Å². The Morgan fingerprint density at radius 3 is 2.24 bits per heavy atom. The second kappa shape index (κ2) is 8.82. The molecule has 150 valence electrons. The van der Waals surface area contributed by atoms with Crippen LogP contribution in [0.25, 0.3) is 0 Å². The van der Waals surface area contributed by atoms with Gasteiger partial charge in [-0.1, -0.05) is 41.4 Å². The first-order valence-electron chi connectivity index (χ1n) is 8.35. The van der Waals surface area contributed by atoms with E-state index in [1.54, 1.807) is 42.5 Å². The standard InChI is InChI=1S/C20H15Cl2FN2O3S/c21-14-6-8-15(9-7-14)24-20(26)13-25(16-10-11-19(23)18(22)12-16)29(27,28)17-4-2-1-3-5-17/h1-12H,13H2,(H,24,26). The molecule has 0 atom stereocenters. The fourth-order valence-electron chi connectivity index (χ4n) is 2.54. The lowest BCUT2D eigenvalue weighted by Gasteiger charge is -2.24. The lowest BCUT2D eigenvalue weighted by molar-refractivity contribution is -0.114. The molecule has 3 aromatic rings. The Kier molecular flexibility index (Phi) is 6.42. The van der Waals surface area contributed by atoms with Crippen LogP contribution in [0.4, 0.5) is 15.8 Å². The van der Waals surface area contributed by atoms with Crippen LogP contribution in [0.15, 0.2) is 77.7 Å². The van der Waals surface area contributed by atoms with Crippen LogP contribution in [0.2, 0.25) is 10.0 Å². The number of hydrogen-bond donors (Lipinski definition) is 1. The van der Waals surface area contributed by atoms with E-state index in [1.165, 1.54) is 18.2 Å². The molecule has 0 aliphatic carbocycles. The third kappa shape index (κ3) is 5.06. The molecule has 0 aliphatic heterocycles. The fourth-order valence-corrected chi connectivity index (χ4v) is 4.27. The van der Waals surface area contributed by atoms with Crippen molar-refractivity contribution in [3.05, 3.63) is 88.7 Å². The Labute approximate surface area is 177 Å². The van der Waals surface area contributed by atoms with E-state index in [4.69, 9.17) is 23.2 Å². The van der Waals surface area contributed by atoms with E-state index in [-0.39, 0.29) is 15.6 Å². The van der Waals surface area contributed by atoms with Gasteiger partial charge in [0, 0.05) is 10.7 Å². The minimum atomic E-state index is -4.11. The maximum Gasteiger partial charge on any atom is 0.264 e. The molecule has 1 N–H and O–H groups in total. The molecule has 0 aromatic heterocycles. The highest BCUT2D eigenvalue weighted by Gasteiger charge is 2.27. The first-order chi connectivity index (χ1) is 13.8. The second-order valence-corrected chi connectivity index (χ2v) is 8.68. The van der Waals surface area contributed by atoms with Gasteiger partial charge in [-0.2, -0.15) is 0 Å². The van der Waals surface area contributed by atoms with Crippen LogP contribution in [0.1, 0.15) is 0 Å². The normalized spacial score (nSPS) is 11.1. The Balaban J connectivity index is 1.95. The summed E-state index contributed by atoms with van der Waals surface area (Å²) in [6.07, 6.45) is 0. The number of halogens is 3. The summed E-state index contributed by atoms with van der Waals surface area (Å²) in [7, 11) is -4.11. The number of nitrogens with zero attached hydrogens (tertiary/aromatic N) is 1. The van der Waals surface area contributed by atoms with Gasteiger partial charge in [0.1, 0.15) is 12.4 Å². The molecule has 0 radical (unpaired) electrons. The molecule has 0 bridgehead atoms. The molecule has 1 amide bonds. The van der Waals surface area contributed by atoms with Gasteiger partial charge in [0.2, 0.25) is 5.91 Å².